The molecule has 1 aliphatic carbocycles. The molecule has 23 heavy (non-hydrogen) atoms. The predicted molar refractivity (Wildman–Crippen MR) is 78.0 cm³/mol. The number of hydrogen-bond acceptors (Lipinski definition) is 2. The molecule has 4 nitrogen and oxygen atoms in total. The average Bonchev–Trinajstić information content (AvgIpc) is 3.31. The zero-order valence-corrected chi connectivity index (χ0v) is 11.9. The summed E-state index contributed by atoms with van der Waals surface area (Å²) in [7, 11) is 0. The van der Waals surface area contributed by atoms with Gasteiger partial charge >= 0.3 is 6.18 Å². The topological polar surface area (TPSA) is 62.0 Å². The van der Waals surface area contributed by atoms with Gasteiger partial charge in [-0.2, -0.15) is 13.2 Å². The van der Waals surface area contributed by atoms with Crippen LogP contribution in [0.1, 0.15) is 24.0 Å². The summed E-state index contributed by atoms with van der Waals surface area (Å²) in [6, 6.07) is 9.64. The van der Waals surface area contributed by atoms with Gasteiger partial charge in [-0.15, -0.1) is 0 Å². The summed E-state index contributed by atoms with van der Waals surface area (Å²) < 4.78 is 38.1. The predicted octanol–water partition coefficient (Wildman–Crippen LogP) is 3.06. The third kappa shape index (κ3) is 2.86. The number of anilines is 1. The number of aromatic amines is 1. The average molecular weight is 322 g/mol. The van der Waals surface area contributed by atoms with Crippen LogP contribution in [0, 0.1) is 0 Å². The zero-order chi connectivity index (χ0) is 16.7. The van der Waals surface area contributed by atoms with E-state index in [9.17, 15) is 22.8 Å². The first-order valence-electron chi connectivity index (χ1n) is 7.00. The van der Waals surface area contributed by atoms with Crippen molar-refractivity contribution < 1.29 is 18.0 Å². The standard InChI is InChI=1S/C16H13F3N2O2/c17-16(18,19)11-8-12(13(22)20-9-11)21-14(23)15(6-7-15)10-4-2-1-3-5-10/h1-5,8-9H,6-7H2,(H,20,22)(H,21,23). The quantitative estimate of drug-likeness (QED) is 0.912. The van der Waals surface area contributed by atoms with E-state index >= 15 is 0 Å². The van der Waals surface area contributed by atoms with Crippen molar-refractivity contribution in [2.75, 3.05) is 5.32 Å². The number of hydrogen-bond donors (Lipinski definition) is 2. The minimum atomic E-state index is -4.60. The molecule has 1 aliphatic rings. The molecule has 0 aliphatic heterocycles. The van der Waals surface area contributed by atoms with E-state index in [0.29, 0.717) is 25.1 Å². The van der Waals surface area contributed by atoms with Crippen molar-refractivity contribution in [3.63, 3.8) is 0 Å². The van der Waals surface area contributed by atoms with E-state index in [1.165, 1.54) is 0 Å². The van der Waals surface area contributed by atoms with Gasteiger partial charge in [-0.25, -0.2) is 0 Å². The zero-order valence-electron chi connectivity index (χ0n) is 11.9. The Balaban J connectivity index is 1.88. The van der Waals surface area contributed by atoms with Crippen molar-refractivity contribution in [1.29, 1.82) is 0 Å². The van der Waals surface area contributed by atoms with Gasteiger partial charge in [-0.1, -0.05) is 30.3 Å². The summed E-state index contributed by atoms with van der Waals surface area (Å²) in [5.41, 5.74) is -2.15. The molecule has 0 spiro atoms. The molecule has 0 radical (unpaired) electrons. The number of benzene rings is 1. The number of alkyl halides is 3. The highest BCUT2D eigenvalue weighted by Gasteiger charge is 2.51. The van der Waals surface area contributed by atoms with Gasteiger partial charge in [0.05, 0.1) is 11.0 Å². The van der Waals surface area contributed by atoms with Gasteiger partial charge in [0.1, 0.15) is 5.69 Å². The van der Waals surface area contributed by atoms with Crippen molar-refractivity contribution in [3.8, 4) is 0 Å². The van der Waals surface area contributed by atoms with E-state index in [1.807, 2.05) is 11.1 Å². The third-order valence-corrected chi connectivity index (χ3v) is 3.99. The van der Waals surface area contributed by atoms with Crippen LogP contribution in [0.15, 0.2) is 47.4 Å². The Hall–Kier alpha value is -2.57. The Morgan fingerprint density at radius 2 is 1.83 bits per heavy atom. The highest BCUT2D eigenvalue weighted by Crippen LogP contribution is 2.48. The van der Waals surface area contributed by atoms with Crippen LogP contribution in [-0.4, -0.2) is 10.9 Å². The number of aromatic nitrogens is 1. The fraction of sp³-hybridized carbons (Fsp3) is 0.250. The summed E-state index contributed by atoms with van der Waals surface area (Å²) in [4.78, 5) is 26.1. The monoisotopic (exact) mass is 322 g/mol. The Bertz CT molecular complexity index is 793. The molecule has 120 valence electrons. The van der Waals surface area contributed by atoms with Gasteiger partial charge in [0.15, 0.2) is 0 Å². The molecule has 3 rings (SSSR count). The number of carbonyl (C=O) groups excluding carboxylic acids is 1. The van der Waals surface area contributed by atoms with Gasteiger partial charge in [0.25, 0.3) is 5.56 Å². The van der Waals surface area contributed by atoms with Crippen LogP contribution in [-0.2, 0) is 16.4 Å². The van der Waals surface area contributed by atoms with Crippen molar-refractivity contribution in [1.82, 2.24) is 4.98 Å². The van der Waals surface area contributed by atoms with E-state index in [1.54, 1.807) is 24.3 Å². The Labute approximate surface area is 129 Å². The minimum absolute atomic E-state index is 0.396. The van der Waals surface area contributed by atoms with E-state index < -0.39 is 34.3 Å². The lowest BCUT2D eigenvalue weighted by Gasteiger charge is -2.16. The largest absolute Gasteiger partial charge is 0.417 e. The van der Waals surface area contributed by atoms with Crippen LogP contribution < -0.4 is 10.9 Å². The van der Waals surface area contributed by atoms with Crippen LogP contribution in [0.5, 0.6) is 0 Å². The number of carbonyl (C=O) groups is 1. The molecule has 0 bridgehead atoms. The molecule has 1 fully saturated rings. The second-order valence-corrected chi connectivity index (χ2v) is 5.53. The number of amides is 1. The maximum absolute atomic E-state index is 12.7. The number of rotatable bonds is 3. The fourth-order valence-corrected chi connectivity index (χ4v) is 2.51. The molecule has 0 saturated heterocycles. The highest BCUT2D eigenvalue weighted by molar-refractivity contribution is 6.01. The van der Waals surface area contributed by atoms with Crippen molar-refractivity contribution in [2.24, 2.45) is 0 Å². The van der Waals surface area contributed by atoms with E-state index in [-0.39, 0.29) is 0 Å². The first kappa shape index (κ1) is 15.3. The Morgan fingerprint density at radius 1 is 1.17 bits per heavy atom. The third-order valence-electron chi connectivity index (χ3n) is 3.99. The van der Waals surface area contributed by atoms with E-state index in [0.717, 1.165) is 5.56 Å². The van der Waals surface area contributed by atoms with Crippen molar-refractivity contribution in [3.05, 3.63) is 64.1 Å². The van der Waals surface area contributed by atoms with E-state index in [2.05, 4.69) is 5.32 Å². The Kier molecular flexibility index (Phi) is 3.50. The summed E-state index contributed by atoms with van der Waals surface area (Å²) in [6.07, 6.45) is -2.82. The Morgan fingerprint density at radius 3 is 2.39 bits per heavy atom. The summed E-state index contributed by atoms with van der Waals surface area (Å²) >= 11 is 0. The first-order chi connectivity index (χ1) is 10.8. The molecule has 0 unspecified atom stereocenters. The molecule has 0 atom stereocenters. The van der Waals surface area contributed by atoms with Crippen LogP contribution >= 0.6 is 0 Å². The highest BCUT2D eigenvalue weighted by atomic mass is 19.4. The summed E-state index contributed by atoms with van der Waals surface area (Å²) in [5, 5.41) is 2.34. The van der Waals surface area contributed by atoms with Crippen LogP contribution in [0.3, 0.4) is 0 Å². The molecule has 7 heteroatoms. The first-order valence-corrected chi connectivity index (χ1v) is 7.00. The van der Waals surface area contributed by atoms with Gasteiger partial charge in [0.2, 0.25) is 5.91 Å². The smallest absolute Gasteiger partial charge is 0.327 e. The lowest BCUT2D eigenvalue weighted by atomic mass is 9.95. The van der Waals surface area contributed by atoms with Crippen LogP contribution in [0.4, 0.5) is 18.9 Å². The minimum Gasteiger partial charge on any atom is -0.327 e. The lowest BCUT2D eigenvalue weighted by Crippen LogP contribution is -2.30. The second-order valence-electron chi connectivity index (χ2n) is 5.53. The normalized spacial score (nSPS) is 16.0. The molecule has 1 heterocycles. The SMILES string of the molecule is O=C(Nc1cc(C(F)(F)F)c[nH]c1=O)C1(c2ccccc2)CC1. The van der Waals surface area contributed by atoms with Gasteiger partial charge in [-0.05, 0) is 24.5 Å². The fourth-order valence-electron chi connectivity index (χ4n) is 2.51. The van der Waals surface area contributed by atoms with Crippen molar-refractivity contribution in [2.45, 2.75) is 24.4 Å². The van der Waals surface area contributed by atoms with Gasteiger partial charge in [0, 0.05) is 6.20 Å². The molecule has 1 amide bonds. The van der Waals surface area contributed by atoms with Crippen LogP contribution in [0.2, 0.25) is 0 Å². The number of H-pyrrole nitrogens is 1. The maximum atomic E-state index is 12.7. The second kappa shape index (κ2) is 5.26. The lowest BCUT2D eigenvalue weighted by molar-refractivity contribution is -0.137. The molecule has 2 aromatic rings. The molecular weight excluding hydrogens is 309 g/mol. The molecule has 1 saturated carbocycles. The van der Waals surface area contributed by atoms with E-state index in [4.69, 9.17) is 0 Å². The molecular formula is C16H13F3N2O2. The van der Waals surface area contributed by atoms with Crippen LogP contribution in [0.25, 0.3) is 0 Å². The number of nitrogens with one attached hydrogen (secondary N) is 2. The molecule has 1 aromatic carbocycles. The van der Waals surface area contributed by atoms with Crippen molar-refractivity contribution >= 4 is 11.6 Å². The number of halogens is 3. The molecule has 1 aromatic heterocycles. The summed E-state index contributed by atoms with van der Waals surface area (Å²) in [5.74, 6) is -0.464. The van der Waals surface area contributed by atoms with Gasteiger partial charge < -0.3 is 10.3 Å². The van der Waals surface area contributed by atoms with Gasteiger partial charge in [-0.3, -0.25) is 9.59 Å². The molecule has 2 N–H and O–H groups in total. The summed E-state index contributed by atoms with van der Waals surface area (Å²) in [6.45, 7) is 0. The maximum Gasteiger partial charge on any atom is 0.417 e. The number of pyridine rings is 1.